The van der Waals surface area contributed by atoms with Crippen LogP contribution in [0.5, 0.6) is 0 Å². The zero-order valence-electron chi connectivity index (χ0n) is 21.2. The zero-order chi connectivity index (χ0) is 24.9. The van der Waals surface area contributed by atoms with Crippen LogP contribution in [0, 0.1) is 6.92 Å². The number of rotatable bonds is 8. The Labute approximate surface area is 208 Å². The van der Waals surface area contributed by atoms with E-state index in [1.807, 2.05) is 13.0 Å². The van der Waals surface area contributed by atoms with E-state index in [4.69, 9.17) is 10.7 Å². The minimum absolute atomic E-state index is 0.142. The van der Waals surface area contributed by atoms with E-state index < -0.39 is 5.91 Å². The number of anilines is 4. The van der Waals surface area contributed by atoms with Gasteiger partial charge in [-0.3, -0.25) is 4.79 Å². The Balaban J connectivity index is 1.55. The van der Waals surface area contributed by atoms with E-state index in [1.165, 1.54) is 5.69 Å². The largest absolute Gasteiger partial charge is 0.393 e. The third-order valence-corrected chi connectivity index (χ3v) is 7.19. The van der Waals surface area contributed by atoms with Gasteiger partial charge in [-0.1, -0.05) is 13.8 Å². The van der Waals surface area contributed by atoms with Crippen LogP contribution >= 0.6 is 0 Å². The number of amides is 1. The summed E-state index contributed by atoms with van der Waals surface area (Å²) in [7, 11) is 0. The Morgan fingerprint density at radius 3 is 2.40 bits per heavy atom. The number of likely N-dealkylation sites (N-methyl/N-ethyl adjacent to an activating group) is 1. The maximum absolute atomic E-state index is 12.2. The van der Waals surface area contributed by atoms with Crippen LogP contribution in [0.2, 0.25) is 0 Å². The van der Waals surface area contributed by atoms with Gasteiger partial charge in [-0.25, -0.2) is 9.97 Å². The van der Waals surface area contributed by atoms with Crippen molar-refractivity contribution < 1.29 is 9.90 Å². The number of primary amides is 1. The van der Waals surface area contributed by atoms with Crippen LogP contribution in [0.1, 0.15) is 61.3 Å². The molecule has 2 fully saturated rings. The molecule has 1 saturated heterocycles. The molecule has 2 aromatic rings. The predicted molar refractivity (Wildman–Crippen MR) is 141 cm³/mol. The molecular weight excluding hydrogens is 442 g/mol. The lowest BCUT2D eigenvalue weighted by molar-refractivity contribution is 0.0996. The quantitative estimate of drug-likeness (QED) is 0.454. The maximum atomic E-state index is 12.2. The molecule has 0 bridgehead atoms. The average Bonchev–Trinajstić information content (AvgIpc) is 2.85. The fraction of sp³-hybridized carbons (Fsp3) is 0.577. The summed E-state index contributed by atoms with van der Waals surface area (Å²) in [6, 6.07) is 6.45. The molecule has 9 nitrogen and oxygen atoms in total. The number of aromatic nitrogens is 2. The number of aryl methyl sites for hydroxylation is 2. The minimum Gasteiger partial charge on any atom is -0.393 e. The average molecular weight is 482 g/mol. The number of benzene rings is 1. The minimum atomic E-state index is -0.607. The number of aliphatic hydroxyl groups is 1. The molecule has 1 aromatic heterocycles. The van der Waals surface area contributed by atoms with E-state index >= 15 is 0 Å². The number of aliphatic hydroxyl groups excluding tert-OH is 1. The zero-order valence-corrected chi connectivity index (χ0v) is 21.2. The van der Waals surface area contributed by atoms with Crippen molar-refractivity contribution in [3.63, 3.8) is 0 Å². The number of nitrogens with zero attached hydrogens (tertiary/aromatic N) is 4. The van der Waals surface area contributed by atoms with E-state index in [9.17, 15) is 9.90 Å². The van der Waals surface area contributed by atoms with Gasteiger partial charge in [0.05, 0.1) is 11.8 Å². The van der Waals surface area contributed by atoms with Crippen LogP contribution in [0.4, 0.5) is 23.0 Å². The predicted octanol–water partition coefficient (Wildman–Crippen LogP) is 3.05. The lowest BCUT2D eigenvalue weighted by atomic mass is 9.93. The van der Waals surface area contributed by atoms with Gasteiger partial charge < -0.3 is 31.3 Å². The van der Waals surface area contributed by atoms with Crippen molar-refractivity contribution in [2.24, 2.45) is 5.73 Å². The molecule has 1 aliphatic carbocycles. The first kappa shape index (κ1) is 25.2. The normalized spacial score (nSPS) is 21.1. The van der Waals surface area contributed by atoms with Gasteiger partial charge in [0, 0.05) is 43.6 Å². The van der Waals surface area contributed by atoms with Crippen molar-refractivity contribution >= 4 is 28.9 Å². The summed E-state index contributed by atoms with van der Waals surface area (Å²) in [5, 5.41) is 16.6. The summed E-state index contributed by atoms with van der Waals surface area (Å²) in [5.74, 6) is 0.421. The summed E-state index contributed by atoms with van der Waals surface area (Å²) in [4.78, 5) is 26.5. The smallest absolute Gasteiger partial charge is 0.271 e. The van der Waals surface area contributed by atoms with Crippen LogP contribution in [-0.2, 0) is 6.42 Å². The first-order valence-electron chi connectivity index (χ1n) is 12.9. The summed E-state index contributed by atoms with van der Waals surface area (Å²) in [6.07, 6.45) is 3.70. The standard InChI is InChI=1S/C26H39N7O2/c1-4-21-25(28-18-6-9-20(34)10-7-18)31-26(23(30-21)24(27)35)29-19-8-11-22(17(3)16-19)33-14-12-32(5-2)13-15-33/h8,11,16,18,20,34H,4-7,9-10,12-15H2,1-3H3,(H2,27,35)(H2,28,29,31). The molecule has 1 aliphatic heterocycles. The SMILES string of the molecule is CCc1nc(C(N)=O)c(Nc2ccc(N3CCN(CC)CC3)c(C)c2)nc1NC1CCC(O)CC1. The molecule has 190 valence electrons. The lowest BCUT2D eigenvalue weighted by Crippen LogP contribution is -2.46. The fourth-order valence-electron chi connectivity index (χ4n) is 5.03. The van der Waals surface area contributed by atoms with Crippen LogP contribution < -0.4 is 21.3 Å². The third kappa shape index (κ3) is 6.02. The van der Waals surface area contributed by atoms with Crippen molar-refractivity contribution in [2.75, 3.05) is 48.3 Å². The molecule has 1 aromatic carbocycles. The number of piperazine rings is 1. The molecule has 0 spiro atoms. The topological polar surface area (TPSA) is 120 Å². The van der Waals surface area contributed by atoms with E-state index in [-0.39, 0.29) is 17.8 Å². The molecule has 2 aliphatic rings. The maximum Gasteiger partial charge on any atom is 0.271 e. The first-order valence-corrected chi connectivity index (χ1v) is 12.9. The van der Waals surface area contributed by atoms with Gasteiger partial charge in [0.2, 0.25) is 0 Å². The van der Waals surface area contributed by atoms with Crippen LogP contribution in [0.15, 0.2) is 18.2 Å². The summed E-state index contributed by atoms with van der Waals surface area (Å²) >= 11 is 0. The van der Waals surface area contributed by atoms with E-state index in [1.54, 1.807) is 0 Å². The van der Waals surface area contributed by atoms with Gasteiger partial charge in [0.15, 0.2) is 11.5 Å². The van der Waals surface area contributed by atoms with Crippen molar-refractivity contribution in [3.05, 3.63) is 35.2 Å². The molecule has 1 amide bonds. The molecule has 4 rings (SSSR count). The van der Waals surface area contributed by atoms with Gasteiger partial charge in [-0.2, -0.15) is 0 Å². The molecule has 35 heavy (non-hydrogen) atoms. The Bertz CT molecular complexity index is 1030. The highest BCUT2D eigenvalue weighted by atomic mass is 16.3. The highest BCUT2D eigenvalue weighted by Gasteiger charge is 2.23. The molecule has 9 heteroatoms. The Hall–Kier alpha value is -2.91. The Morgan fingerprint density at radius 2 is 1.80 bits per heavy atom. The highest BCUT2D eigenvalue weighted by molar-refractivity contribution is 5.96. The highest BCUT2D eigenvalue weighted by Crippen LogP contribution is 2.29. The van der Waals surface area contributed by atoms with Crippen LogP contribution in [0.25, 0.3) is 0 Å². The summed E-state index contributed by atoms with van der Waals surface area (Å²) in [5.41, 5.74) is 9.77. The Kier molecular flexibility index (Phi) is 8.07. The number of hydrogen-bond donors (Lipinski definition) is 4. The van der Waals surface area contributed by atoms with E-state index in [0.29, 0.717) is 23.8 Å². The summed E-state index contributed by atoms with van der Waals surface area (Å²) in [6.45, 7) is 11.6. The second-order valence-electron chi connectivity index (χ2n) is 9.63. The van der Waals surface area contributed by atoms with Crippen molar-refractivity contribution in [3.8, 4) is 0 Å². The summed E-state index contributed by atoms with van der Waals surface area (Å²) < 4.78 is 0. The lowest BCUT2D eigenvalue weighted by Gasteiger charge is -2.36. The molecule has 0 radical (unpaired) electrons. The number of hydrogen-bond acceptors (Lipinski definition) is 8. The van der Waals surface area contributed by atoms with E-state index in [2.05, 4.69) is 51.4 Å². The Morgan fingerprint density at radius 1 is 1.09 bits per heavy atom. The van der Waals surface area contributed by atoms with E-state index in [0.717, 1.165) is 69.7 Å². The van der Waals surface area contributed by atoms with Gasteiger partial charge in [-0.15, -0.1) is 0 Å². The van der Waals surface area contributed by atoms with Crippen LogP contribution in [0.3, 0.4) is 0 Å². The molecule has 1 saturated carbocycles. The number of carbonyl (C=O) groups excluding carboxylic acids is 1. The number of nitrogens with two attached hydrogens (primary N) is 1. The van der Waals surface area contributed by atoms with Gasteiger partial charge in [0.1, 0.15) is 5.82 Å². The second kappa shape index (κ2) is 11.2. The van der Waals surface area contributed by atoms with Gasteiger partial charge in [0.25, 0.3) is 5.91 Å². The molecule has 5 N–H and O–H groups in total. The molecule has 0 unspecified atom stereocenters. The fourth-order valence-corrected chi connectivity index (χ4v) is 5.03. The molecule has 2 heterocycles. The third-order valence-electron chi connectivity index (χ3n) is 7.19. The van der Waals surface area contributed by atoms with Crippen molar-refractivity contribution in [2.45, 2.75) is 65.0 Å². The molecule has 0 atom stereocenters. The molecular formula is C26H39N7O2. The first-order chi connectivity index (χ1) is 16.9. The van der Waals surface area contributed by atoms with Crippen LogP contribution in [-0.4, -0.2) is 70.8 Å². The monoisotopic (exact) mass is 481 g/mol. The van der Waals surface area contributed by atoms with Crippen molar-refractivity contribution in [1.82, 2.24) is 14.9 Å². The van der Waals surface area contributed by atoms with Gasteiger partial charge in [-0.05, 0) is 69.3 Å². The second-order valence-corrected chi connectivity index (χ2v) is 9.63. The number of nitrogens with one attached hydrogen (secondary N) is 2. The number of carbonyl (C=O) groups is 1. The van der Waals surface area contributed by atoms with Crippen molar-refractivity contribution in [1.29, 1.82) is 0 Å². The van der Waals surface area contributed by atoms with Gasteiger partial charge >= 0.3 is 0 Å².